The van der Waals surface area contributed by atoms with E-state index in [0.29, 0.717) is 23.0 Å². The van der Waals surface area contributed by atoms with E-state index in [2.05, 4.69) is 4.98 Å². The molecular formula is C26H25ClN4O3S2. The minimum Gasteiger partial charge on any atom is -0.282 e. The van der Waals surface area contributed by atoms with Gasteiger partial charge < -0.3 is 0 Å². The molecule has 1 amide bonds. The Bertz CT molecular complexity index is 1480. The number of carbonyl (C=O) groups excluding carboxylic acids is 1. The number of pyridine rings is 1. The van der Waals surface area contributed by atoms with Crippen LogP contribution >= 0.6 is 22.9 Å². The van der Waals surface area contributed by atoms with Crippen molar-refractivity contribution < 1.29 is 13.2 Å². The number of halogens is 1. The lowest BCUT2D eigenvalue weighted by molar-refractivity contribution is -0.121. The molecule has 5 rings (SSSR count). The molecular weight excluding hydrogens is 516 g/mol. The van der Waals surface area contributed by atoms with Crippen LogP contribution in [0.5, 0.6) is 0 Å². The van der Waals surface area contributed by atoms with Crippen LogP contribution in [0.25, 0.3) is 10.2 Å². The first-order chi connectivity index (χ1) is 17.3. The topological polar surface area (TPSA) is 83.5 Å². The van der Waals surface area contributed by atoms with Crippen molar-refractivity contribution in [2.75, 3.05) is 11.4 Å². The van der Waals surface area contributed by atoms with Gasteiger partial charge in [0.15, 0.2) is 5.13 Å². The van der Waals surface area contributed by atoms with Gasteiger partial charge in [-0.2, -0.15) is 4.31 Å². The fourth-order valence-electron chi connectivity index (χ4n) is 4.47. The number of sulfonamides is 1. The molecule has 0 N–H and O–H groups in total. The zero-order chi connectivity index (χ0) is 25.4. The molecule has 0 radical (unpaired) electrons. The highest BCUT2D eigenvalue weighted by molar-refractivity contribution is 7.89. The van der Waals surface area contributed by atoms with Crippen molar-refractivity contribution in [3.05, 3.63) is 82.6 Å². The minimum absolute atomic E-state index is 0.122. The third-order valence-electron chi connectivity index (χ3n) is 6.40. The Kier molecular flexibility index (Phi) is 6.82. The van der Waals surface area contributed by atoms with Gasteiger partial charge in [-0.1, -0.05) is 41.1 Å². The second-order valence-corrected chi connectivity index (χ2v) is 12.2. The average Bonchev–Trinajstić information content (AvgIpc) is 3.54. The summed E-state index contributed by atoms with van der Waals surface area (Å²) < 4.78 is 29.3. The Balaban J connectivity index is 1.55. The number of anilines is 1. The van der Waals surface area contributed by atoms with Crippen LogP contribution in [-0.4, -0.2) is 41.2 Å². The second-order valence-electron chi connectivity index (χ2n) is 8.89. The van der Waals surface area contributed by atoms with Crippen molar-refractivity contribution >= 4 is 54.2 Å². The third kappa shape index (κ3) is 4.64. The number of rotatable bonds is 6. The summed E-state index contributed by atoms with van der Waals surface area (Å²) in [5, 5.41) is 0.999. The number of hydrogen-bond acceptors (Lipinski definition) is 6. The zero-order valence-corrected chi connectivity index (χ0v) is 22.3. The molecule has 10 heteroatoms. The third-order valence-corrected chi connectivity index (χ3v) is 9.79. The molecule has 1 aliphatic rings. The summed E-state index contributed by atoms with van der Waals surface area (Å²) in [5.41, 5.74) is 3.81. The summed E-state index contributed by atoms with van der Waals surface area (Å²) >= 11 is 7.41. The van der Waals surface area contributed by atoms with Crippen LogP contribution in [0.4, 0.5) is 5.13 Å². The second kappa shape index (κ2) is 9.89. The van der Waals surface area contributed by atoms with Crippen LogP contribution in [0.2, 0.25) is 5.02 Å². The molecule has 0 aliphatic carbocycles. The van der Waals surface area contributed by atoms with Crippen molar-refractivity contribution in [3.63, 3.8) is 0 Å². The molecule has 1 atom stereocenters. The van der Waals surface area contributed by atoms with Crippen molar-refractivity contribution in [1.82, 2.24) is 14.3 Å². The fraction of sp³-hybridized carbons (Fsp3) is 0.269. The summed E-state index contributed by atoms with van der Waals surface area (Å²) in [7, 11) is -3.88. The summed E-state index contributed by atoms with van der Waals surface area (Å²) in [6.45, 7) is 4.54. The number of carbonyl (C=O) groups is 1. The van der Waals surface area contributed by atoms with E-state index < -0.39 is 16.1 Å². The Morgan fingerprint density at radius 3 is 2.58 bits per heavy atom. The van der Waals surface area contributed by atoms with E-state index in [4.69, 9.17) is 16.6 Å². The van der Waals surface area contributed by atoms with Crippen LogP contribution in [0.1, 0.15) is 29.5 Å². The minimum atomic E-state index is -3.88. The molecule has 0 bridgehead atoms. The summed E-state index contributed by atoms with van der Waals surface area (Å²) in [6.07, 6.45) is 4.43. The van der Waals surface area contributed by atoms with Crippen LogP contribution in [0, 0.1) is 13.8 Å². The van der Waals surface area contributed by atoms with Gasteiger partial charge in [0.25, 0.3) is 0 Å². The Hall–Kier alpha value is -2.85. The van der Waals surface area contributed by atoms with Gasteiger partial charge in [-0.05, 0) is 73.7 Å². The normalized spacial score (nSPS) is 16.5. The molecule has 7 nitrogen and oxygen atoms in total. The van der Waals surface area contributed by atoms with E-state index in [1.165, 1.54) is 27.8 Å². The standard InChI is InChI=1S/C26H25ClN4O3S2/c1-17-7-8-18(2)24-23(17)29-26(35-24)30(16-19-5-3-13-28-15-19)25(32)22-6-4-14-31(22)36(33,34)21-11-9-20(27)10-12-21/h3,5,7-13,15,22H,4,6,14,16H2,1-2H3. The monoisotopic (exact) mass is 540 g/mol. The van der Waals surface area contributed by atoms with Gasteiger partial charge in [0.2, 0.25) is 15.9 Å². The Morgan fingerprint density at radius 1 is 1.14 bits per heavy atom. The van der Waals surface area contributed by atoms with E-state index >= 15 is 0 Å². The van der Waals surface area contributed by atoms with Gasteiger partial charge >= 0.3 is 0 Å². The number of amides is 1. The molecule has 1 fully saturated rings. The molecule has 4 aromatic rings. The van der Waals surface area contributed by atoms with Crippen LogP contribution in [0.15, 0.2) is 65.8 Å². The molecule has 36 heavy (non-hydrogen) atoms. The largest absolute Gasteiger partial charge is 0.282 e. The molecule has 186 valence electrons. The van der Waals surface area contributed by atoms with E-state index in [1.807, 2.05) is 38.1 Å². The number of thiazole rings is 1. The molecule has 2 aromatic carbocycles. The van der Waals surface area contributed by atoms with Gasteiger partial charge in [0, 0.05) is 24.0 Å². The molecule has 1 unspecified atom stereocenters. The van der Waals surface area contributed by atoms with E-state index in [9.17, 15) is 13.2 Å². The van der Waals surface area contributed by atoms with Crippen molar-refractivity contribution in [1.29, 1.82) is 0 Å². The van der Waals surface area contributed by atoms with Gasteiger partial charge in [-0.15, -0.1) is 0 Å². The van der Waals surface area contributed by atoms with Gasteiger partial charge in [0.1, 0.15) is 6.04 Å². The lowest BCUT2D eigenvalue weighted by Gasteiger charge is -2.28. The molecule has 0 saturated carbocycles. The molecule has 0 spiro atoms. The first-order valence-corrected chi connectivity index (χ1v) is 14.2. The van der Waals surface area contributed by atoms with Gasteiger partial charge in [0.05, 0.1) is 21.7 Å². The van der Waals surface area contributed by atoms with Gasteiger partial charge in [-0.3, -0.25) is 14.7 Å². The van der Waals surface area contributed by atoms with Crippen molar-refractivity contribution in [2.24, 2.45) is 0 Å². The van der Waals surface area contributed by atoms with E-state index in [-0.39, 0.29) is 23.9 Å². The smallest absolute Gasteiger partial charge is 0.247 e. The highest BCUT2D eigenvalue weighted by Gasteiger charge is 2.42. The number of benzene rings is 2. The highest BCUT2D eigenvalue weighted by Crippen LogP contribution is 2.36. The maximum absolute atomic E-state index is 14.1. The van der Waals surface area contributed by atoms with Gasteiger partial charge in [-0.25, -0.2) is 13.4 Å². The summed E-state index contributed by atoms with van der Waals surface area (Å²) in [6, 6.07) is 13.0. The predicted molar refractivity (Wildman–Crippen MR) is 143 cm³/mol. The average molecular weight is 541 g/mol. The number of nitrogens with zero attached hydrogens (tertiary/aromatic N) is 4. The highest BCUT2D eigenvalue weighted by atomic mass is 35.5. The maximum Gasteiger partial charge on any atom is 0.247 e. The number of aryl methyl sites for hydroxylation is 2. The van der Waals surface area contributed by atoms with Crippen LogP contribution in [0.3, 0.4) is 0 Å². The fourth-order valence-corrected chi connectivity index (χ4v) is 7.37. The van der Waals surface area contributed by atoms with Crippen LogP contribution < -0.4 is 4.90 Å². The lowest BCUT2D eigenvalue weighted by Crippen LogP contribution is -2.47. The predicted octanol–water partition coefficient (Wildman–Crippen LogP) is 5.35. The Labute approximate surface area is 219 Å². The lowest BCUT2D eigenvalue weighted by atomic mass is 10.1. The Morgan fingerprint density at radius 2 is 1.89 bits per heavy atom. The number of hydrogen-bond donors (Lipinski definition) is 0. The molecule has 2 aromatic heterocycles. The SMILES string of the molecule is Cc1ccc(C)c2sc(N(Cc3cccnc3)C(=O)C3CCCN3S(=O)(=O)c3ccc(Cl)cc3)nc12. The summed E-state index contributed by atoms with van der Waals surface area (Å²) in [4.78, 5) is 24.8. The molecule has 1 saturated heterocycles. The van der Waals surface area contributed by atoms with E-state index in [1.54, 1.807) is 29.4 Å². The van der Waals surface area contributed by atoms with E-state index in [0.717, 1.165) is 26.9 Å². The maximum atomic E-state index is 14.1. The number of aromatic nitrogens is 2. The number of fused-ring (bicyclic) bond motifs is 1. The van der Waals surface area contributed by atoms with Crippen molar-refractivity contribution in [3.8, 4) is 0 Å². The molecule has 3 heterocycles. The van der Waals surface area contributed by atoms with Crippen molar-refractivity contribution in [2.45, 2.75) is 44.2 Å². The zero-order valence-electron chi connectivity index (χ0n) is 19.9. The quantitative estimate of drug-likeness (QED) is 0.329. The van der Waals surface area contributed by atoms with Crippen LogP contribution in [-0.2, 0) is 21.4 Å². The first-order valence-electron chi connectivity index (χ1n) is 11.6. The summed E-state index contributed by atoms with van der Waals surface area (Å²) in [5.74, 6) is -0.289. The first kappa shape index (κ1) is 24.8. The molecule has 1 aliphatic heterocycles.